The second kappa shape index (κ2) is 7.25. The molecule has 136 valence electrons. The molecule has 3 aliphatic rings. The Hall–Kier alpha value is -1.11. The van der Waals surface area contributed by atoms with Crippen molar-refractivity contribution in [2.24, 2.45) is 23.7 Å². The van der Waals surface area contributed by atoms with Crippen LogP contribution in [-0.2, 0) is 12.8 Å². The van der Waals surface area contributed by atoms with Crippen molar-refractivity contribution >= 4 is 0 Å². The molecule has 5 unspecified atom stereocenters. The molecule has 0 bridgehead atoms. The van der Waals surface area contributed by atoms with E-state index >= 15 is 4.39 Å². The molecule has 0 amide bonds. The predicted molar refractivity (Wildman–Crippen MR) is 103 cm³/mol. The Labute approximate surface area is 152 Å². The fourth-order valence-electron chi connectivity index (χ4n) is 5.98. The third-order valence-corrected chi connectivity index (χ3v) is 7.38. The summed E-state index contributed by atoms with van der Waals surface area (Å²) in [7, 11) is 0. The van der Waals surface area contributed by atoms with Gasteiger partial charge < -0.3 is 0 Å². The molecule has 3 aliphatic carbocycles. The highest BCUT2D eigenvalue weighted by Gasteiger charge is 2.36. The summed E-state index contributed by atoms with van der Waals surface area (Å²) in [6, 6.07) is 4.39. The molecule has 25 heavy (non-hydrogen) atoms. The van der Waals surface area contributed by atoms with E-state index in [1.807, 2.05) is 0 Å². The van der Waals surface area contributed by atoms with E-state index in [0.29, 0.717) is 11.8 Å². The van der Waals surface area contributed by atoms with Crippen molar-refractivity contribution in [2.75, 3.05) is 0 Å². The van der Waals surface area contributed by atoms with Crippen LogP contribution in [0.15, 0.2) is 24.3 Å². The number of rotatable bonds is 2. The third-order valence-electron chi connectivity index (χ3n) is 7.38. The molecular weight excluding hydrogens is 307 g/mol. The van der Waals surface area contributed by atoms with Crippen molar-refractivity contribution in [1.29, 1.82) is 0 Å². The van der Waals surface area contributed by atoms with E-state index in [-0.39, 0.29) is 5.82 Å². The molecule has 4 rings (SSSR count). The van der Waals surface area contributed by atoms with Gasteiger partial charge >= 0.3 is 0 Å². The number of hydrogen-bond acceptors (Lipinski definition) is 0. The van der Waals surface area contributed by atoms with Crippen LogP contribution in [0.25, 0.3) is 0 Å². The largest absolute Gasteiger partial charge is 0.206 e. The zero-order chi connectivity index (χ0) is 17.4. The van der Waals surface area contributed by atoms with Gasteiger partial charge in [-0.15, -0.1) is 0 Å². The molecule has 0 aromatic heterocycles. The molecule has 2 fully saturated rings. The van der Waals surface area contributed by atoms with Gasteiger partial charge in [0.15, 0.2) is 0 Å². The number of benzene rings is 1. The zero-order valence-electron chi connectivity index (χ0n) is 15.9. The molecule has 0 radical (unpaired) electrons. The quantitative estimate of drug-likeness (QED) is 0.518. The standard InChI is InChI=1S/C24H33F/c1-3-4-17-6-7-19-15-21(9-8-18(19)14-17)23-12-10-20-13-16(2)5-11-22(20)24(23)25/h3-4,10,12,16-19,21H,5-9,11,13-15H2,1-2H3/b4-3+. The van der Waals surface area contributed by atoms with E-state index in [1.54, 1.807) is 0 Å². The van der Waals surface area contributed by atoms with Crippen LogP contribution < -0.4 is 0 Å². The van der Waals surface area contributed by atoms with Gasteiger partial charge in [-0.05, 0) is 111 Å². The van der Waals surface area contributed by atoms with Gasteiger partial charge in [-0.3, -0.25) is 0 Å². The third kappa shape index (κ3) is 3.44. The van der Waals surface area contributed by atoms with Crippen LogP contribution in [0, 0.1) is 29.5 Å². The Kier molecular flexibility index (Phi) is 5.02. The maximum Gasteiger partial charge on any atom is 0.130 e. The lowest BCUT2D eigenvalue weighted by atomic mass is 9.63. The summed E-state index contributed by atoms with van der Waals surface area (Å²) in [5.74, 6) is 3.84. The van der Waals surface area contributed by atoms with Gasteiger partial charge in [0.2, 0.25) is 0 Å². The molecule has 2 saturated carbocycles. The first-order chi connectivity index (χ1) is 12.2. The maximum atomic E-state index is 15.2. The number of hydrogen-bond donors (Lipinski definition) is 0. The van der Waals surface area contributed by atoms with Crippen LogP contribution in [0.4, 0.5) is 4.39 Å². The predicted octanol–water partition coefficient (Wildman–Crippen LogP) is 6.83. The molecule has 1 aromatic rings. The van der Waals surface area contributed by atoms with Crippen molar-refractivity contribution < 1.29 is 4.39 Å². The average Bonchev–Trinajstić information content (AvgIpc) is 2.62. The highest BCUT2D eigenvalue weighted by Crippen LogP contribution is 2.48. The van der Waals surface area contributed by atoms with Crippen molar-refractivity contribution in [1.82, 2.24) is 0 Å². The van der Waals surface area contributed by atoms with Crippen LogP contribution in [0.3, 0.4) is 0 Å². The highest BCUT2D eigenvalue weighted by molar-refractivity contribution is 5.38. The van der Waals surface area contributed by atoms with Crippen molar-refractivity contribution in [3.05, 3.63) is 46.8 Å². The lowest BCUT2D eigenvalue weighted by Gasteiger charge is -2.42. The Bertz CT molecular complexity index is 644. The fraction of sp³-hybridized carbons (Fsp3) is 0.667. The average molecular weight is 341 g/mol. The summed E-state index contributed by atoms with van der Waals surface area (Å²) < 4.78 is 15.2. The normalized spacial score (nSPS) is 35.4. The van der Waals surface area contributed by atoms with E-state index < -0.39 is 0 Å². The maximum absolute atomic E-state index is 15.2. The Morgan fingerprint density at radius 3 is 2.64 bits per heavy atom. The molecule has 0 saturated heterocycles. The Morgan fingerprint density at radius 2 is 1.80 bits per heavy atom. The summed E-state index contributed by atoms with van der Waals surface area (Å²) in [6.07, 6.45) is 15.6. The van der Waals surface area contributed by atoms with Gasteiger partial charge in [0.25, 0.3) is 0 Å². The minimum atomic E-state index is 0.162. The Morgan fingerprint density at radius 1 is 1.00 bits per heavy atom. The molecule has 0 aliphatic heterocycles. The first kappa shape index (κ1) is 17.3. The monoisotopic (exact) mass is 340 g/mol. The fourth-order valence-corrected chi connectivity index (χ4v) is 5.98. The van der Waals surface area contributed by atoms with Crippen LogP contribution in [-0.4, -0.2) is 0 Å². The second-order valence-electron chi connectivity index (χ2n) is 9.08. The Balaban J connectivity index is 1.49. The van der Waals surface area contributed by atoms with Gasteiger partial charge in [-0.1, -0.05) is 31.2 Å². The van der Waals surface area contributed by atoms with Gasteiger partial charge in [0, 0.05) is 0 Å². The molecule has 0 N–H and O–H groups in total. The van der Waals surface area contributed by atoms with Crippen molar-refractivity contribution in [3.63, 3.8) is 0 Å². The van der Waals surface area contributed by atoms with E-state index in [9.17, 15) is 0 Å². The minimum absolute atomic E-state index is 0.162. The highest BCUT2D eigenvalue weighted by atomic mass is 19.1. The van der Waals surface area contributed by atoms with Crippen molar-refractivity contribution in [2.45, 2.75) is 77.6 Å². The molecular formula is C24H33F. The van der Waals surface area contributed by atoms with Gasteiger partial charge in [0.05, 0.1) is 0 Å². The molecule has 0 nitrogen and oxygen atoms in total. The summed E-state index contributed by atoms with van der Waals surface area (Å²) in [4.78, 5) is 0. The molecule has 5 atom stereocenters. The van der Waals surface area contributed by atoms with E-state index in [1.165, 1.54) is 44.1 Å². The first-order valence-electron chi connectivity index (χ1n) is 10.6. The number of allylic oxidation sites excluding steroid dienone is 2. The first-order valence-corrected chi connectivity index (χ1v) is 10.6. The smallest absolute Gasteiger partial charge is 0.130 e. The van der Waals surface area contributed by atoms with Gasteiger partial charge in [-0.2, -0.15) is 0 Å². The minimum Gasteiger partial charge on any atom is -0.206 e. The second-order valence-corrected chi connectivity index (χ2v) is 9.08. The van der Waals surface area contributed by atoms with Crippen LogP contribution >= 0.6 is 0 Å². The van der Waals surface area contributed by atoms with Crippen LogP contribution in [0.5, 0.6) is 0 Å². The van der Waals surface area contributed by atoms with E-state index in [2.05, 4.69) is 38.1 Å². The van der Waals surface area contributed by atoms with E-state index in [0.717, 1.165) is 48.1 Å². The van der Waals surface area contributed by atoms with Gasteiger partial charge in [-0.25, -0.2) is 4.39 Å². The molecule has 1 heteroatoms. The lowest BCUT2D eigenvalue weighted by Crippen LogP contribution is -2.30. The van der Waals surface area contributed by atoms with Crippen molar-refractivity contribution in [3.8, 4) is 0 Å². The van der Waals surface area contributed by atoms with E-state index in [4.69, 9.17) is 0 Å². The van der Waals surface area contributed by atoms with Crippen LogP contribution in [0.1, 0.15) is 81.4 Å². The molecule has 1 aromatic carbocycles. The van der Waals surface area contributed by atoms with Gasteiger partial charge in [0.1, 0.15) is 5.82 Å². The zero-order valence-corrected chi connectivity index (χ0v) is 15.9. The number of fused-ring (bicyclic) bond motifs is 2. The van der Waals surface area contributed by atoms with Crippen LogP contribution in [0.2, 0.25) is 0 Å². The summed E-state index contributed by atoms with van der Waals surface area (Å²) in [6.45, 7) is 4.43. The molecule has 0 heterocycles. The summed E-state index contributed by atoms with van der Waals surface area (Å²) >= 11 is 0. The molecule has 0 spiro atoms. The number of halogens is 1. The summed E-state index contributed by atoms with van der Waals surface area (Å²) in [5, 5.41) is 0. The lowest BCUT2D eigenvalue weighted by molar-refractivity contribution is 0.132. The SMILES string of the molecule is C/C=C/C1CCC2CC(c3ccc4c(c3F)CCC(C)C4)CCC2C1. The summed E-state index contributed by atoms with van der Waals surface area (Å²) in [5.41, 5.74) is 3.37. The topological polar surface area (TPSA) is 0 Å².